The fourth-order valence-corrected chi connectivity index (χ4v) is 6.41. The van der Waals surface area contributed by atoms with Crippen molar-refractivity contribution >= 4 is 86.9 Å². The second kappa shape index (κ2) is 16.9. The molecule has 250 valence electrons. The van der Waals surface area contributed by atoms with E-state index >= 15 is 0 Å². The Morgan fingerprint density at radius 2 is 1.45 bits per heavy atom. The number of aliphatic imine (C=N–C) groups is 1. The summed E-state index contributed by atoms with van der Waals surface area (Å²) in [6.07, 6.45) is 1.72. The van der Waals surface area contributed by atoms with Crippen LogP contribution in [0.4, 0.5) is 4.39 Å². The van der Waals surface area contributed by atoms with Crippen molar-refractivity contribution in [1.82, 2.24) is 10.3 Å². The zero-order valence-electron chi connectivity index (χ0n) is 27.3. The monoisotopic (exact) mass is 713 g/mol. The largest absolute Gasteiger partial charge is 0.466 e. The van der Waals surface area contributed by atoms with Crippen LogP contribution >= 0.6 is 31.6 Å². The maximum Gasteiger partial charge on any atom is 0.337 e. The van der Waals surface area contributed by atoms with Gasteiger partial charge >= 0.3 is 5.97 Å². The van der Waals surface area contributed by atoms with E-state index in [1.54, 1.807) is 18.3 Å². The lowest BCUT2D eigenvalue weighted by atomic mass is 9.99. The number of benzene rings is 5. The quantitative estimate of drug-likeness (QED) is 0.179. The van der Waals surface area contributed by atoms with E-state index in [0.717, 1.165) is 32.6 Å². The lowest BCUT2D eigenvalue weighted by Gasteiger charge is -2.16. The van der Waals surface area contributed by atoms with Crippen LogP contribution in [0.3, 0.4) is 0 Å². The number of amidine groups is 1. The van der Waals surface area contributed by atoms with Crippen LogP contribution < -0.4 is 5.32 Å². The minimum Gasteiger partial charge on any atom is -0.466 e. The van der Waals surface area contributed by atoms with E-state index in [0.29, 0.717) is 18.0 Å². The minimum absolute atomic E-state index is 0.0290. The second-order valence-electron chi connectivity index (χ2n) is 10.2. The Balaban J connectivity index is 0.000000156. The van der Waals surface area contributed by atoms with Crippen LogP contribution in [0.25, 0.3) is 43.5 Å². The van der Waals surface area contributed by atoms with Gasteiger partial charge in [-0.15, -0.1) is 11.3 Å². The molecule has 0 atom stereocenters. The molecule has 5 aromatic carbocycles. The van der Waals surface area contributed by atoms with Crippen molar-refractivity contribution in [1.29, 1.82) is 0 Å². The third-order valence-corrected chi connectivity index (χ3v) is 9.07. The van der Waals surface area contributed by atoms with Gasteiger partial charge in [-0.25, -0.2) is 14.2 Å². The molecule has 0 unspecified atom stereocenters. The highest BCUT2D eigenvalue weighted by atomic mass is 35.5. The molecule has 0 bridgehead atoms. The van der Waals surface area contributed by atoms with Crippen molar-refractivity contribution in [2.24, 2.45) is 4.99 Å². The molecule has 2 aromatic heterocycles. The molecule has 1 N–H and O–H groups in total. The van der Waals surface area contributed by atoms with Gasteiger partial charge in [-0.05, 0) is 52.7 Å². The normalized spacial score (nSPS) is 12.1. The van der Waals surface area contributed by atoms with E-state index in [2.05, 4.69) is 80.7 Å². The van der Waals surface area contributed by atoms with E-state index in [4.69, 9.17) is 20.0 Å². The molecule has 0 aliphatic carbocycles. The lowest BCUT2D eigenvalue weighted by molar-refractivity contribution is -0.136. The second-order valence-corrected chi connectivity index (χ2v) is 12.1. The lowest BCUT2D eigenvalue weighted by Crippen LogP contribution is -2.30. The van der Waals surface area contributed by atoms with E-state index in [1.807, 2.05) is 38.3 Å². The van der Waals surface area contributed by atoms with Gasteiger partial charge in [0.25, 0.3) is 0 Å². The van der Waals surface area contributed by atoms with Crippen molar-refractivity contribution in [3.63, 3.8) is 0 Å². The Morgan fingerprint density at radius 1 is 0.878 bits per heavy atom. The third kappa shape index (κ3) is 8.20. The minimum atomic E-state index is -0.367. The van der Waals surface area contributed by atoms with Crippen LogP contribution in [0, 0.1) is 5.82 Å². The van der Waals surface area contributed by atoms with Crippen molar-refractivity contribution < 1.29 is 22.3 Å². The zero-order chi connectivity index (χ0) is 34.8. The van der Waals surface area contributed by atoms with Crippen molar-refractivity contribution in [3.8, 4) is 0 Å². The number of aromatic nitrogens is 1. The molecule has 11 heteroatoms. The standard InChI is InChI=1S/C20H13O2P.C10H11N3O2S.C6H4ClF.C2H6/c1-3-7-15-13(5-1)9-11-17-19(15)20-16-8-4-2-6-14(16)10-12-18(20)22-23-21-17;1-6-7(10(14)15-2)5-12-8(13-6)9-11-3-4-16-9;7-5-3-1-2-4-6(5)8;1-2/h1-12,23H;3-4H,5H2,1-2H3,(H,12,13);1-4H;1-2H3. The molecule has 49 heavy (non-hydrogen) atoms. The Labute approximate surface area is 293 Å². The van der Waals surface area contributed by atoms with Gasteiger partial charge in [0.1, 0.15) is 17.0 Å². The number of nitrogens with zero attached hydrogens (tertiary/aromatic N) is 2. The van der Waals surface area contributed by atoms with E-state index in [1.165, 1.54) is 52.1 Å². The number of carbonyl (C=O) groups excluding carboxylic acids is 1. The molecule has 0 saturated carbocycles. The molecule has 1 aliphatic rings. The predicted octanol–water partition coefficient (Wildman–Crippen LogP) is 11.1. The van der Waals surface area contributed by atoms with Gasteiger partial charge < -0.3 is 18.4 Å². The van der Waals surface area contributed by atoms with Gasteiger partial charge in [0.2, 0.25) is 8.67 Å². The number of allylic oxidation sites excluding steroid dienone is 1. The number of ether oxygens (including phenoxy) is 1. The first-order valence-electron chi connectivity index (χ1n) is 15.5. The van der Waals surface area contributed by atoms with Gasteiger partial charge in [-0.3, -0.25) is 4.99 Å². The fourth-order valence-electron chi connectivity index (χ4n) is 5.11. The average Bonchev–Trinajstić information content (AvgIpc) is 3.62. The molecular weight excluding hydrogens is 680 g/mol. The molecule has 0 radical (unpaired) electrons. The maximum atomic E-state index is 12.2. The summed E-state index contributed by atoms with van der Waals surface area (Å²) in [5.74, 6) is 0.00117. The summed E-state index contributed by atoms with van der Waals surface area (Å²) in [6.45, 7) is 6.16. The molecular formula is C38H34ClFN3O4PS. The summed E-state index contributed by atoms with van der Waals surface area (Å²) in [6, 6.07) is 31.3. The summed E-state index contributed by atoms with van der Waals surface area (Å²) < 4.78 is 28.6. The van der Waals surface area contributed by atoms with Crippen LogP contribution in [0.5, 0.6) is 0 Å². The zero-order valence-corrected chi connectivity index (χ0v) is 29.9. The van der Waals surface area contributed by atoms with Crippen molar-refractivity contribution in [3.05, 3.63) is 136 Å². The number of thiazole rings is 1. The smallest absolute Gasteiger partial charge is 0.337 e. The number of fused-ring (bicyclic) bond motifs is 7. The van der Waals surface area contributed by atoms with E-state index < -0.39 is 0 Å². The van der Waals surface area contributed by atoms with Gasteiger partial charge in [0, 0.05) is 28.0 Å². The highest BCUT2D eigenvalue weighted by Crippen LogP contribution is 2.36. The first-order chi connectivity index (χ1) is 23.9. The SMILES string of the molecule is CC.COC(=O)C1=C(C)NC(c2nccs2)=NC1.Fc1ccccc1Cl.c1ccc2c(c1)ccc1o[pH]oc3ccc4ccccc4c3c12. The maximum absolute atomic E-state index is 12.2. The Kier molecular flexibility index (Phi) is 12.2. The van der Waals surface area contributed by atoms with Gasteiger partial charge in [0.15, 0.2) is 10.8 Å². The average molecular weight is 714 g/mol. The summed E-state index contributed by atoms with van der Waals surface area (Å²) in [5.41, 5.74) is 3.10. The Bertz CT molecular complexity index is 2210. The van der Waals surface area contributed by atoms with Gasteiger partial charge in [-0.2, -0.15) is 0 Å². The number of hydrogen-bond acceptors (Lipinski definition) is 8. The van der Waals surface area contributed by atoms with Crippen molar-refractivity contribution in [2.75, 3.05) is 13.7 Å². The Morgan fingerprint density at radius 3 is 1.94 bits per heavy atom. The van der Waals surface area contributed by atoms with Crippen LogP contribution in [0.1, 0.15) is 25.8 Å². The van der Waals surface area contributed by atoms with Crippen molar-refractivity contribution in [2.45, 2.75) is 20.8 Å². The summed E-state index contributed by atoms with van der Waals surface area (Å²) >= 11 is 6.84. The molecule has 7 aromatic rings. The van der Waals surface area contributed by atoms with E-state index in [-0.39, 0.29) is 25.5 Å². The molecule has 0 amide bonds. The molecule has 3 heterocycles. The number of nitrogens with one attached hydrogen (secondary N) is 1. The molecule has 1 aliphatic heterocycles. The fraction of sp³-hybridized carbons (Fsp3) is 0.132. The first-order valence-corrected chi connectivity index (χ1v) is 17.5. The number of halogens is 2. The molecule has 0 spiro atoms. The number of hydrogen-bond donors (Lipinski definition) is 1. The summed E-state index contributed by atoms with van der Waals surface area (Å²) in [5, 5.41) is 13.0. The van der Waals surface area contributed by atoms with Crippen LogP contribution in [0.15, 0.2) is 133 Å². The molecule has 0 fully saturated rings. The first kappa shape index (κ1) is 35.4. The number of carbonyl (C=O) groups is 1. The molecule has 0 saturated heterocycles. The number of methoxy groups -OCH3 is 1. The molecule has 8 rings (SSSR count). The van der Waals surface area contributed by atoms with Crippen LogP contribution in [-0.2, 0) is 9.53 Å². The third-order valence-electron chi connectivity index (χ3n) is 7.38. The summed E-state index contributed by atoms with van der Waals surface area (Å²) in [4.78, 5) is 19.8. The highest BCUT2D eigenvalue weighted by molar-refractivity contribution is 7.15. The topological polar surface area (TPSA) is 89.9 Å². The summed E-state index contributed by atoms with van der Waals surface area (Å²) in [7, 11) is 1.33. The number of rotatable bonds is 2. The van der Waals surface area contributed by atoms with Crippen LogP contribution in [-0.4, -0.2) is 30.4 Å². The number of esters is 1. The van der Waals surface area contributed by atoms with Gasteiger partial charge in [0.05, 0.1) is 24.3 Å². The highest BCUT2D eigenvalue weighted by Gasteiger charge is 2.20. The van der Waals surface area contributed by atoms with Crippen LogP contribution in [0.2, 0.25) is 5.02 Å². The predicted molar refractivity (Wildman–Crippen MR) is 202 cm³/mol. The van der Waals surface area contributed by atoms with Gasteiger partial charge in [-0.1, -0.05) is 98.2 Å². The Hall–Kier alpha value is -4.95. The molecule has 7 nitrogen and oxygen atoms in total. The van der Waals surface area contributed by atoms with E-state index in [9.17, 15) is 9.18 Å².